The lowest BCUT2D eigenvalue weighted by Crippen LogP contribution is -2.12. The second-order valence-electron chi connectivity index (χ2n) is 10.2. The fraction of sp³-hybridized carbons (Fsp3) is 0.167. The Morgan fingerprint density at radius 1 is 0.860 bits per heavy atom. The van der Waals surface area contributed by atoms with Gasteiger partial charge in [-0.3, -0.25) is 9.59 Å². The van der Waals surface area contributed by atoms with Gasteiger partial charge >= 0.3 is 5.97 Å². The monoisotopic (exact) mass is 588 g/mol. The van der Waals surface area contributed by atoms with Crippen LogP contribution < -0.4 is 0 Å². The van der Waals surface area contributed by atoms with Crippen molar-refractivity contribution in [2.45, 2.75) is 38.0 Å². The van der Waals surface area contributed by atoms with Crippen LogP contribution in [0.25, 0.3) is 27.5 Å². The molecule has 0 aliphatic rings. The summed E-state index contributed by atoms with van der Waals surface area (Å²) >= 11 is 1.82. The van der Waals surface area contributed by atoms with E-state index < -0.39 is 5.97 Å². The molecule has 6 nitrogen and oxygen atoms in total. The van der Waals surface area contributed by atoms with Crippen LogP contribution in [-0.4, -0.2) is 33.6 Å². The number of unbranched alkanes of at least 4 members (excludes halogenated alkanes) is 1. The number of ketones is 2. The topological polar surface area (TPSA) is 77.7 Å². The minimum Gasteiger partial charge on any atom is -0.318 e. The first kappa shape index (κ1) is 29.7. The maximum absolute atomic E-state index is 13.2. The molecule has 0 fully saturated rings. The zero-order chi connectivity index (χ0) is 30.3. The molecular formula is C36H32N2O4S. The van der Waals surface area contributed by atoms with Crippen LogP contribution in [0.15, 0.2) is 114 Å². The first-order valence-electron chi connectivity index (χ1n) is 14.2. The molecule has 1 aromatic heterocycles. The van der Waals surface area contributed by atoms with Crippen molar-refractivity contribution in [3.63, 3.8) is 0 Å². The van der Waals surface area contributed by atoms with Gasteiger partial charge in [0, 0.05) is 38.0 Å². The van der Waals surface area contributed by atoms with Crippen molar-refractivity contribution in [1.82, 2.24) is 4.57 Å². The Morgan fingerprint density at radius 3 is 2.21 bits per heavy atom. The van der Waals surface area contributed by atoms with E-state index in [0.717, 1.165) is 51.0 Å². The summed E-state index contributed by atoms with van der Waals surface area (Å²) in [6, 6.07) is 28.8. The van der Waals surface area contributed by atoms with Crippen molar-refractivity contribution in [2.75, 3.05) is 5.75 Å². The van der Waals surface area contributed by atoms with Crippen molar-refractivity contribution in [1.29, 1.82) is 0 Å². The highest BCUT2D eigenvalue weighted by Crippen LogP contribution is 2.35. The molecule has 5 rings (SSSR count). The van der Waals surface area contributed by atoms with Crippen molar-refractivity contribution in [3.8, 4) is 5.69 Å². The Balaban J connectivity index is 1.57. The normalized spacial score (nSPS) is 11.5. The van der Waals surface area contributed by atoms with Gasteiger partial charge in [-0.05, 0) is 79.8 Å². The zero-order valence-electron chi connectivity index (χ0n) is 24.2. The number of thioether (sulfide) groups is 1. The van der Waals surface area contributed by atoms with Gasteiger partial charge < -0.3 is 9.40 Å². The molecule has 0 amide bonds. The molecule has 0 bridgehead atoms. The summed E-state index contributed by atoms with van der Waals surface area (Å²) in [5, 5.41) is 5.68. The van der Waals surface area contributed by atoms with Gasteiger partial charge in [0.05, 0.1) is 17.5 Å². The first-order valence-corrected chi connectivity index (χ1v) is 15.2. The largest absolute Gasteiger partial charge is 0.338 e. The van der Waals surface area contributed by atoms with Crippen molar-refractivity contribution < 1.29 is 19.2 Å². The van der Waals surface area contributed by atoms with Gasteiger partial charge in [0.1, 0.15) is 5.71 Å². The van der Waals surface area contributed by atoms with Crippen LogP contribution in [0.2, 0.25) is 0 Å². The maximum Gasteiger partial charge on any atom is 0.338 e. The van der Waals surface area contributed by atoms with Crippen LogP contribution in [0, 0.1) is 0 Å². The summed E-state index contributed by atoms with van der Waals surface area (Å²) in [5.74, 6) is 0.0943. The predicted molar refractivity (Wildman–Crippen MR) is 175 cm³/mol. The minimum absolute atomic E-state index is 0.0103. The van der Waals surface area contributed by atoms with E-state index in [1.54, 1.807) is 6.07 Å². The smallest absolute Gasteiger partial charge is 0.318 e. The number of fused-ring (bicyclic) bond motifs is 3. The van der Waals surface area contributed by atoms with Gasteiger partial charge in [0.25, 0.3) is 0 Å². The van der Waals surface area contributed by atoms with Gasteiger partial charge in [-0.2, -0.15) is 0 Å². The Hall–Kier alpha value is -4.75. The number of rotatable bonds is 12. The fourth-order valence-electron chi connectivity index (χ4n) is 4.89. The molecule has 1 heterocycles. The lowest BCUT2D eigenvalue weighted by Gasteiger charge is -2.10. The second kappa shape index (κ2) is 13.5. The van der Waals surface area contributed by atoms with E-state index in [9.17, 15) is 14.4 Å². The predicted octanol–water partition coefficient (Wildman–Crippen LogP) is 8.58. The number of oxime groups is 1. The highest BCUT2D eigenvalue weighted by atomic mass is 32.2. The minimum atomic E-state index is -0.578. The molecule has 0 aliphatic heterocycles. The first-order chi connectivity index (χ1) is 20.9. The van der Waals surface area contributed by atoms with E-state index in [-0.39, 0.29) is 23.7 Å². The van der Waals surface area contributed by atoms with Crippen LogP contribution in [0.5, 0.6) is 0 Å². The average molecular weight is 589 g/mol. The highest BCUT2D eigenvalue weighted by Gasteiger charge is 2.18. The summed E-state index contributed by atoms with van der Waals surface area (Å²) in [6.07, 6.45) is 3.69. The SMILES string of the molecule is C=CCC(=O)ON=C(C)C(=O)c1ccc2c(c1)c1cc(SCCCC)ccc1n2-c1ccc(C(=O)c2ccccc2)cc1. The van der Waals surface area contributed by atoms with Crippen LogP contribution >= 0.6 is 11.8 Å². The number of hydrogen-bond donors (Lipinski definition) is 0. The van der Waals surface area contributed by atoms with Crippen LogP contribution in [0.1, 0.15) is 59.4 Å². The second-order valence-corrected chi connectivity index (χ2v) is 11.3. The quantitative estimate of drug-likeness (QED) is 0.0277. The van der Waals surface area contributed by atoms with E-state index in [1.807, 2.05) is 78.5 Å². The Kier molecular flexibility index (Phi) is 9.32. The number of Topliss-reactive ketones (excluding diaryl/α,β-unsaturated/α-hetero) is 1. The molecule has 0 aliphatic carbocycles. The van der Waals surface area contributed by atoms with Gasteiger partial charge in [0.2, 0.25) is 5.78 Å². The van der Waals surface area contributed by atoms with Gasteiger partial charge in [0.15, 0.2) is 5.78 Å². The Morgan fingerprint density at radius 2 is 1.51 bits per heavy atom. The number of carbonyl (C=O) groups is 3. The summed E-state index contributed by atoms with van der Waals surface area (Å²) in [4.78, 5) is 43.9. The molecule has 0 radical (unpaired) electrons. The van der Waals surface area contributed by atoms with Gasteiger partial charge in [-0.1, -0.05) is 54.9 Å². The van der Waals surface area contributed by atoms with E-state index >= 15 is 0 Å². The molecular weight excluding hydrogens is 556 g/mol. The van der Waals surface area contributed by atoms with Crippen molar-refractivity contribution in [2.24, 2.45) is 5.16 Å². The molecule has 5 aromatic rings. The third-order valence-corrected chi connectivity index (χ3v) is 8.19. The molecule has 4 aromatic carbocycles. The van der Waals surface area contributed by atoms with Gasteiger partial charge in [-0.25, -0.2) is 4.79 Å². The van der Waals surface area contributed by atoms with Crippen LogP contribution in [0.3, 0.4) is 0 Å². The van der Waals surface area contributed by atoms with Crippen molar-refractivity contribution in [3.05, 3.63) is 120 Å². The summed E-state index contributed by atoms with van der Waals surface area (Å²) in [6.45, 7) is 7.21. The molecule has 43 heavy (non-hydrogen) atoms. The fourth-order valence-corrected chi connectivity index (χ4v) is 5.92. The molecule has 0 N–H and O–H groups in total. The van der Waals surface area contributed by atoms with E-state index in [4.69, 9.17) is 4.84 Å². The Labute approximate surface area is 255 Å². The highest BCUT2D eigenvalue weighted by molar-refractivity contribution is 7.99. The third kappa shape index (κ3) is 6.52. The van der Waals surface area contributed by atoms with Crippen LogP contribution in [0.4, 0.5) is 0 Å². The summed E-state index contributed by atoms with van der Waals surface area (Å²) < 4.78 is 2.15. The van der Waals surface area contributed by atoms with Crippen molar-refractivity contribution >= 4 is 56.8 Å². The zero-order valence-corrected chi connectivity index (χ0v) is 25.0. The molecule has 0 unspecified atom stereocenters. The molecule has 0 atom stereocenters. The summed E-state index contributed by atoms with van der Waals surface area (Å²) in [5.41, 5.74) is 4.60. The van der Waals surface area contributed by atoms with Gasteiger partial charge in [-0.15, -0.1) is 18.3 Å². The number of nitrogens with zero attached hydrogens (tertiary/aromatic N) is 2. The lowest BCUT2D eigenvalue weighted by atomic mass is 10.0. The number of benzene rings is 4. The molecule has 0 saturated carbocycles. The van der Waals surface area contributed by atoms with E-state index in [1.165, 1.54) is 13.0 Å². The maximum atomic E-state index is 13.2. The molecule has 7 heteroatoms. The number of hydrogen-bond acceptors (Lipinski definition) is 6. The lowest BCUT2D eigenvalue weighted by molar-refractivity contribution is -0.142. The third-order valence-electron chi connectivity index (χ3n) is 7.11. The summed E-state index contributed by atoms with van der Waals surface area (Å²) in [7, 11) is 0. The van der Waals surface area contributed by atoms with E-state index in [0.29, 0.717) is 16.7 Å². The Bertz CT molecular complexity index is 1850. The van der Waals surface area contributed by atoms with E-state index in [2.05, 4.69) is 41.4 Å². The number of carbonyl (C=O) groups excluding carboxylic acids is 3. The standard InChI is InChI=1S/C36H32N2O4S/c1-4-6-21-43-29-18-20-33-31(23-29)30-22-27(35(40)24(3)37-42-34(39)10-5-2)15-19-32(30)38(33)28-16-13-26(14-17-28)36(41)25-11-8-7-9-12-25/h5,7-9,11-20,22-23H,2,4,6,10,21H2,1,3H3. The molecule has 0 spiro atoms. The van der Waals surface area contributed by atoms with Crippen LogP contribution in [-0.2, 0) is 9.63 Å². The molecule has 0 saturated heterocycles. The average Bonchev–Trinajstić information content (AvgIpc) is 3.36. The molecule has 216 valence electrons. The number of aromatic nitrogens is 1.